The Morgan fingerprint density at radius 3 is 2.86 bits per heavy atom. The highest BCUT2D eigenvalue weighted by molar-refractivity contribution is 6.39. The van der Waals surface area contributed by atoms with Crippen molar-refractivity contribution >= 4 is 11.6 Å². The van der Waals surface area contributed by atoms with Crippen LogP contribution < -0.4 is 5.32 Å². The molecule has 0 saturated heterocycles. The van der Waals surface area contributed by atoms with Gasteiger partial charge in [-0.05, 0) is 29.8 Å². The Labute approximate surface area is 159 Å². The highest BCUT2D eigenvalue weighted by Gasteiger charge is 2.28. The second-order valence-electron chi connectivity index (χ2n) is 6.21. The molecule has 1 atom stereocenters. The van der Waals surface area contributed by atoms with Crippen LogP contribution in [0.15, 0.2) is 58.3 Å². The largest absolute Gasteiger partial charge is 0.391 e. The monoisotopic (exact) mass is 381 g/mol. The second-order valence-corrected chi connectivity index (χ2v) is 6.21. The standard InChI is InChI=1S/C19H16FN5O3/c20-13-6-4-12(5-7-13)11-22-19(26)16-9-14(27-24-16)10-17-23-18(25-28-17)15-3-1-2-8-21-15/h1-8,14H,9-11H2,(H,22,26)/t14-/m0/s1. The van der Waals surface area contributed by atoms with Crippen molar-refractivity contribution in [2.75, 3.05) is 0 Å². The summed E-state index contributed by atoms with van der Waals surface area (Å²) in [6, 6.07) is 11.3. The number of oxime groups is 1. The first-order valence-electron chi connectivity index (χ1n) is 8.67. The third-order valence-electron chi connectivity index (χ3n) is 4.13. The number of carbonyl (C=O) groups excluding carboxylic acids is 1. The molecule has 8 nitrogen and oxygen atoms in total. The summed E-state index contributed by atoms with van der Waals surface area (Å²) in [5.41, 5.74) is 1.69. The van der Waals surface area contributed by atoms with Crippen molar-refractivity contribution in [2.45, 2.75) is 25.5 Å². The number of nitrogens with zero attached hydrogens (tertiary/aromatic N) is 4. The van der Waals surface area contributed by atoms with E-state index in [2.05, 4.69) is 25.6 Å². The van der Waals surface area contributed by atoms with Crippen LogP contribution in [0, 0.1) is 5.82 Å². The quantitative estimate of drug-likeness (QED) is 0.703. The molecule has 1 amide bonds. The minimum Gasteiger partial charge on any atom is -0.391 e. The van der Waals surface area contributed by atoms with Gasteiger partial charge in [-0.15, -0.1) is 0 Å². The molecule has 1 aliphatic rings. The van der Waals surface area contributed by atoms with E-state index < -0.39 is 0 Å². The number of rotatable bonds is 6. The first-order valence-corrected chi connectivity index (χ1v) is 8.67. The highest BCUT2D eigenvalue weighted by Crippen LogP contribution is 2.18. The average molecular weight is 381 g/mol. The van der Waals surface area contributed by atoms with Crippen LogP contribution >= 0.6 is 0 Å². The van der Waals surface area contributed by atoms with Crippen LogP contribution in [0.1, 0.15) is 17.9 Å². The maximum atomic E-state index is 12.9. The van der Waals surface area contributed by atoms with Gasteiger partial charge in [0.25, 0.3) is 5.91 Å². The van der Waals surface area contributed by atoms with Crippen LogP contribution in [0.25, 0.3) is 11.5 Å². The van der Waals surface area contributed by atoms with E-state index in [1.807, 2.05) is 6.07 Å². The Morgan fingerprint density at radius 1 is 1.21 bits per heavy atom. The normalized spacial score (nSPS) is 15.8. The highest BCUT2D eigenvalue weighted by atomic mass is 19.1. The zero-order chi connectivity index (χ0) is 19.3. The van der Waals surface area contributed by atoms with Gasteiger partial charge in [0, 0.05) is 19.2 Å². The molecule has 2 aromatic heterocycles. The fourth-order valence-corrected chi connectivity index (χ4v) is 2.69. The molecule has 0 radical (unpaired) electrons. The molecule has 1 N–H and O–H groups in total. The zero-order valence-corrected chi connectivity index (χ0v) is 14.7. The average Bonchev–Trinajstić information content (AvgIpc) is 3.38. The zero-order valence-electron chi connectivity index (χ0n) is 14.7. The second kappa shape index (κ2) is 7.95. The number of hydrogen-bond acceptors (Lipinski definition) is 7. The Bertz CT molecular complexity index is 988. The number of pyridine rings is 1. The van der Waals surface area contributed by atoms with Crippen molar-refractivity contribution < 1.29 is 18.5 Å². The third kappa shape index (κ3) is 4.20. The Kier molecular flexibility index (Phi) is 5.05. The fourth-order valence-electron chi connectivity index (χ4n) is 2.69. The molecule has 9 heteroatoms. The van der Waals surface area contributed by atoms with Gasteiger partial charge < -0.3 is 14.7 Å². The van der Waals surface area contributed by atoms with Crippen LogP contribution in [-0.2, 0) is 22.6 Å². The topological polar surface area (TPSA) is 102 Å². The molecular weight excluding hydrogens is 365 g/mol. The lowest BCUT2D eigenvalue weighted by molar-refractivity contribution is -0.115. The maximum absolute atomic E-state index is 12.9. The van der Waals surface area contributed by atoms with Gasteiger partial charge in [0.05, 0.1) is 6.42 Å². The number of amides is 1. The van der Waals surface area contributed by atoms with E-state index in [0.29, 0.717) is 30.3 Å². The van der Waals surface area contributed by atoms with Crippen molar-refractivity contribution in [3.8, 4) is 11.5 Å². The van der Waals surface area contributed by atoms with Crippen molar-refractivity contribution in [3.05, 3.63) is 65.9 Å². The molecule has 142 valence electrons. The van der Waals surface area contributed by atoms with Crippen LogP contribution in [-0.4, -0.2) is 32.8 Å². The minimum absolute atomic E-state index is 0.278. The van der Waals surface area contributed by atoms with Gasteiger partial charge in [0.2, 0.25) is 11.7 Å². The van der Waals surface area contributed by atoms with Crippen molar-refractivity contribution in [1.82, 2.24) is 20.4 Å². The van der Waals surface area contributed by atoms with E-state index in [-0.39, 0.29) is 30.1 Å². The van der Waals surface area contributed by atoms with E-state index >= 15 is 0 Å². The number of hydrogen-bond donors (Lipinski definition) is 1. The molecule has 3 heterocycles. The number of carbonyl (C=O) groups is 1. The van der Waals surface area contributed by atoms with Crippen LogP contribution in [0.4, 0.5) is 4.39 Å². The Balaban J connectivity index is 1.28. The molecule has 0 fully saturated rings. The van der Waals surface area contributed by atoms with Crippen LogP contribution in [0.5, 0.6) is 0 Å². The molecular formula is C19H16FN5O3. The molecule has 0 aliphatic carbocycles. The first-order chi connectivity index (χ1) is 13.7. The number of aromatic nitrogens is 3. The molecule has 3 aromatic rings. The van der Waals surface area contributed by atoms with Gasteiger partial charge in [-0.2, -0.15) is 4.98 Å². The first kappa shape index (κ1) is 17.8. The lowest BCUT2D eigenvalue weighted by Crippen LogP contribution is -2.30. The van der Waals surface area contributed by atoms with Gasteiger partial charge in [-0.3, -0.25) is 9.78 Å². The minimum atomic E-state index is -0.358. The van der Waals surface area contributed by atoms with Gasteiger partial charge in [0.15, 0.2) is 0 Å². The third-order valence-corrected chi connectivity index (χ3v) is 4.13. The summed E-state index contributed by atoms with van der Waals surface area (Å²) in [6.45, 7) is 0.278. The predicted octanol–water partition coefficient (Wildman–Crippen LogP) is 2.27. The van der Waals surface area contributed by atoms with Gasteiger partial charge in [-0.25, -0.2) is 4.39 Å². The number of nitrogens with one attached hydrogen (secondary N) is 1. The Morgan fingerprint density at radius 2 is 2.07 bits per heavy atom. The molecule has 4 rings (SSSR count). The summed E-state index contributed by atoms with van der Waals surface area (Å²) >= 11 is 0. The van der Waals surface area contributed by atoms with E-state index in [9.17, 15) is 9.18 Å². The molecule has 28 heavy (non-hydrogen) atoms. The van der Waals surface area contributed by atoms with E-state index in [1.165, 1.54) is 12.1 Å². The number of halogens is 1. The lowest BCUT2D eigenvalue weighted by Gasteiger charge is -2.05. The SMILES string of the molecule is O=C(NCc1ccc(F)cc1)C1=NO[C@H](Cc2nc(-c3ccccn3)no2)C1. The number of benzene rings is 1. The summed E-state index contributed by atoms with van der Waals surface area (Å²) < 4.78 is 18.1. The van der Waals surface area contributed by atoms with Crippen LogP contribution in [0.2, 0.25) is 0 Å². The molecule has 0 bridgehead atoms. The molecule has 1 aromatic carbocycles. The van der Waals surface area contributed by atoms with Gasteiger partial charge in [-0.1, -0.05) is 28.5 Å². The molecule has 0 spiro atoms. The summed E-state index contributed by atoms with van der Waals surface area (Å²) in [7, 11) is 0. The predicted molar refractivity (Wildman–Crippen MR) is 96.4 cm³/mol. The summed E-state index contributed by atoms with van der Waals surface area (Å²) in [6.07, 6.45) is 1.95. The van der Waals surface area contributed by atoms with Crippen molar-refractivity contribution in [3.63, 3.8) is 0 Å². The van der Waals surface area contributed by atoms with Crippen molar-refractivity contribution in [2.24, 2.45) is 5.16 Å². The molecule has 1 aliphatic heterocycles. The Hall–Kier alpha value is -3.62. The van der Waals surface area contributed by atoms with Crippen LogP contribution in [0.3, 0.4) is 0 Å². The van der Waals surface area contributed by atoms with E-state index in [4.69, 9.17) is 9.36 Å². The molecule has 0 saturated carbocycles. The van der Waals surface area contributed by atoms with Gasteiger partial charge in [0.1, 0.15) is 23.3 Å². The fraction of sp³-hybridized carbons (Fsp3) is 0.211. The summed E-state index contributed by atoms with van der Waals surface area (Å²) in [5.74, 6) is 0.130. The summed E-state index contributed by atoms with van der Waals surface area (Å²) in [5, 5.41) is 10.5. The van der Waals surface area contributed by atoms with E-state index in [1.54, 1.807) is 30.5 Å². The lowest BCUT2D eigenvalue weighted by atomic mass is 10.1. The van der Waals surface area contributed by atoms with Crippen molar-refractivity contribution in [1.29, 1.82) is 0 Å². The smallest absolute Gasteiger partial charge is 0.269 e. The maximum Gasteiger partial charge on any atom is 0.269 e. The summed E-state index contributed by atoms with van der Waals surface area (Å²) in [4.78, 5) is 26.0. The van der Waals surface area contributed by atoms with Gasteiger partial charge >= 0.3 is 0 Å². The molecule has 0 unspecified atom stereocenters. The van der Waals surface area contributed by atoms with E-state index in [0.717, 1.165) is 5.56 Å².